The monoisotopic (exact) mass is 250 g/mol. The molecule has 0 saturated heterocycles. The van der Waals surface area contributed by atoms with E-state index < -0.39 is 25.5 Å². The summed E-state index contributed by atoms with van der Waals surface area (Å²) in [6.07, 6.45) is -3.22. The van der Waals surface area contributed by atoms with Crippen molar-refractivity contribution in [2.45, 2.75) is 6.18 Å². The fourth-order valence-electron chi connectivity index (χ4n) is 0.853. The second kappa shape index (κ2) is 5.48. The molecule has 0 aliphatic heterocycles. The van der Waals surface area contributed by atoms with Gasteiger partial charge in [0.15, 0.2) is 6.79 Å². The van der Waals surface area contributed by atoms with Gasteiger partial charge in [0.2, 0.25) is 0 Å². The molecular weight excluding hydrogens is 241 g/mol. The summed E-state index contributed by atoms with van der Waals surface area (Å²) < 4.78 is 43.5. The molecule has 0 fully saturated rings. The summed E-state index contributed by atoms with van der Waals surface area (Å²) in [5.74, 6) is -0.882. The smallest absolute Gasteiger partial charge is 0.411 e. The molecule has 0 bridgehead atoms. The third-order valence-electron chi connectivity index (χ3n) is 1.53. The van der Waals surface area contributed by atoms with E-state index in [0.717, 1.165) is 0 Å². The molecule has 0 amide bonds. The average Bonchev–Trinajstić information content (AvgIpc) is 2.24. The molecule has 1 rings (SSSR count). The number of carbonyl (C=O) groups excluding carboxylic acids is 1. The molecule has 5 nitrogen and oxygen atoms in total. The van der Waals surface area contributed by atoms with Gasteiger partial charge in [-0.25, -0.2) is 9.78 Å². The summed E-state index contributed by atoms with van der Waals surface area (Å²) in [5.41, 5.74) is 5.63. The van der Waals surface area contributed by atoms with E-state index in [1.807, 2.05) is 0 Å². The van der Waals surface area contributed by atoms with Crippen molar-refractivity contribution in [1.29, 1.82) is 0 Å². The van der Waals surface area contributed by atoms with Crippen LogP contribution in [-0.4, -0.2) is 30.5 Å². The molecule has 0 aromatic carbocycles. The summed E-state index contributed by atoms with van der Waals surface area (Å²) in [6, 6.07) is 2.71. The molecule has 1 heterocycles. The highest BCUT2D eigenvalue weighted by molar-refractivity contribution is 5.87. The van der Waals surface area contributed by atoms with Gasteiger partial charge >= 0.3 is 12.1 Å². The van der Waals surface area contributed by atoms with Gasteiger partial charge in [0.1, 0.15) is 12.3 Å². The zero-order valence-corrected chi connectivity index (χ0v) is 8.53. The van der Waals surface area contributed by atoms with Crippen molar-refractivity contribution >= 4 is 11.7 Å². The van der Waals surface area contributed by atoms with Gasteiger partial charge in [-0.05, 0) is 12.1 Å². The summed E-state index contributed by atoms with van der Waals surface area (Å²) in [6.45, 7) is -2.26. The van der Waals surface area contributed by atoms with Crippen molar-refractivity contribution in [2.24, 2.45) is 0 Å². The number of rotatable bonds is 4. The minimum absolute atomic E-state index is 0.0604. The first-order chi connectivity index (χ1) is 7.88. The SMILES string of the molecule is Nc1ccc(C(=O)OCOCC(F)(F)F)nc1. The normalized spacial score (nSPS) is 11.2. The molecule has 17 heavy (non-hydrogen) atoms. The maximum Gasteiger partial charge on any atom is 0.411 e. The number of nitrogens with two attached hydrogens (primary N) is 1. The van der Waals surface area contributed by atoms with E-state index in [9.17, 15) is 18.0 Å². The Labute approximate surface area is 94.3 Å². The number of carbonyl (C=O) groups is 1. The molecule has 1 aromatic heterocycles. The average molecular weight is 250 g/mol. The molecule has 0 unspecified atom stereocenters. The van der Waals surface area contributed by atoms with Gasteiger partial charge in [0.05, 0.1) is 11.9 Å². The van der Waals surface area contributed by atoms with Crippen LogP contribution in [0.2, 0.25) is 0 Å². The van der Waals surface area contributed by atoms with Crippen LogP contribution in [0.5, 0.6) is 0 Å². The van der Waals surface area contributed by atoms with Crippen LogP contribution in [0.3, 0.4) is 0 Å². The summed E-state index contributed by atoms with van der Waals surface area (Å²) in [4.78, 5) is 14.8. The van der Waals surface area contributed by atoms with E-state index in [2.05, 4.69) is 14.5 Å². The Balaban J connectivity index is 2.33. The van der Waals surface area contributed by atoms with Crippen LogP contribution in [-0.2, 0) is 9.47 Å². The quantitative estimate of drug-likeness (QED) is 0.496. The van der Waals surface area contributed by atoms with Crippen LogP contribution < -0.4 is 5.73 Å². The predicted molar refractivity (Wildman–Crippen MR) is 50.9 cm³/mol. The highest BCUT2D eigenvalue weighted by Crippen LogP contribution is 2.14. The molecule has 0 atom stereocenters. The molecule has 8 heteroatoms. The van der Waals surface area contributed by atoms with Gasteiger partial charge in [0.25, 0.3) is 0 Å². The van der Waals surface area contributed by atoms with Crippen LogP contribution >= 0.6 is 0 Å². The minimum Gasteiger partial charge on any atom is -0.434 e. The maximum absolute atomic E-state index is 11.7. The Morgan fingerprint density at radius 1 is 1.41 bits per heavy atom. The Kier molecular flexibility index (Phi) is 4.27. The lowest BCUT2D eigenvalue weighted by Crippen LogP contribution is -2.19. The fraction of sp³-hybridized carbons (Fsp3) is 0.333. The Bertz CT molecular complexity index is 378. The van der Waals surface area contributed by atoms with Crippen LogP contribution in [0.25, 0.3) is 0 Å². The van der Waals surface area contributed by atoms with Gasteiger partial charge in [-0.2, -0.15) is 13.2 Å². The number of hydrogen-bond donors (Lipinski definition) is 1. The third-order valence-corrected chi connectivity index (χ3v) is 1.53. The number of esters is 1. The van der Waals surface area contributed by atoms with Crippen molar-refractivity contribution in [3.63, 3.8) is 0 Å². The summed E-state index contributed by atoms with van der Waals surface area (Å²) in [5, 5.41) is 0. The van der Waals surface area contributed by atoms with E-state index in [4.69, 9.17) is 5.73 Å². The zero-order valence-electron chi connectivity index (χ0n) is 8.53. The van der Waals surface area contributed by atoms with Gasteiger partial charge in [-0.3, -0.25) is 0 Å². The van der Waals surface area contributed by atoms with E-state index in [1.165, 1.54) is 18.3 Å². The standard InChI is InChI=1S/C9H9F3N2O3/c10-9(11,12)4-16-5-17-8(15)7-2-1-6(13)3-14-7/h1-3H,4-5,13H2. The number of pyridine rings is 1. The first-order valence-corrected chi connectivity index (χ1v) is 4.41. The van der Waals surface area contributed by atoms with E-state index in [0.29, 0.717) is 5.69 Å². The molecule has 0 spiro atoms. The zero-order chi connectivity index (χ0) is 12.9. The molecule has 0 radical (unpaired) electrons. The van der Waals surface area contributed by atoms with Crippen molar-refractivity contribution in [3.8, 4) is 0 Å². The molecular formula is C9H9F3N2O3. The van der Waals surface area contributed by atoms with Crippen molar-refractivity contribution in [3.05, 3.63) is 24.0 Å². The number of nitrogens with zero attached hydrogens (tertiary/aromatic N) is 1. The topological polar surface area (TPSA) is 74.4 Å². The lowest BCUT2D eigenvalue weighted by Gasteiger charge is -2.07. The van der Waals surface area contributed by atoms with Crippen LogP contribution in [0, 0.1) is 0 Å². The van der Waals surface area contributed by atoms with Crippen molar-refractivity contribution in [2.75, 3.05) is 19.1 Å². The Morgan fingerprint density at radius 2 is 2.12 bits per heavy atom. The second-order valence-corrected chi connectivity index (χ2v) is 2.99. The molecule has 0 aliphatic carbocycles. The molecule has 0 aliphatic rings. The van der Waals surface area contributed by atoms with Crippen molar-refractivity contribution < 1.29 is 27.4 Å². The summed E-state index contributed by atoms with van der Waals surface area (Å²) >= 11 is 0. The first-order valence-electron chi connectivity index (χ1n) is 4.41. The number of alkyl halides is 3. The largest absolute Gasteiger partial charge is 0.434 e. The highest BCUT2D eigenvalue weighted by Gasteiger charge is 2.27. The number of ether oxygens (including phenoxy) is 2. The fourth-order valence-corrected chi connectivity index (χ4v) is 0.853. The van der Waals surface area contributed by atoms with Gasteiger partial charge < -0.3 is 15.2 Å². The van der Waals surface area contributed by atoms with E-state index in [1.54, 1.807) is 0 Å². The third kappa shape index (κ3) is 5.16. The molecule has 2 N–H and O–H groups in total. The maximum atomic E-state index is 11.7. The minimum atomic E-state index is -4.45. The number of anilines is 1. The van der Waals surface area contributed by atoms with E-state index in [-0.39, 0.29) is 5.69 Å². The lowest BCUT2D eigenvalue weighted by atomic mass is 10.3. The second-order valence-electron chi connectivity index (χ2n) is 2.99. The summed E-state index contributed by atoms with van der Waals surface area (Å²) in [7, 11) is 0. The Hall–Kier alpha value is -1.83. The number of hydrogen-bond acceptors (Lipinski definition) is 5. The predicted octanol–water partition coefficient (Wildman–Crippen LogP) is 1.36. The van der Waals surface area contributed by atoms with Crippen molar-refractivity contribution in [1.82, 2.24) is 4.98 Å². The van der Waals surface area contributed by atoms with Crippen LogP contribution in [0.15, 0.2) is 18.3 Å². The van der Waals surface area contributed by atoms with Gasteiger partial charge in [-0.1, -0.05) is 0 Å². The van der Waals surface area contributed by atoms with E-state index >= 15 is 0 Å². The lowest BCUT2D eigenvalue weighted by molar-refractivity contribution is -0.190. The number of nitrogen functional groups attached to an aromatic ring is 1. The van der Waals surface area contributed by atoms with Crippen LogP contribution in [0.4, 0.5) is 18.9 Å². The van der Waals surface area contributed by atoms with Gasteiger partial charge in [0, 0.05) is 0 Å². The van der Waals surface area contributed by atoms with Gasteiger partial charge in [-0.15, -0.1) is 0 Å². The highest BCUT2D eigenvalue weighted by atomic mass is 19.4. The molecule has 0 saturated carbocycles. The number of aromatic nitrogens is 1. The number of halogens is 3. The molecule has 94 valence electrons. The van der Waals surface area contributed by atoms with Crippen LogP contribution in [0.1, 0.15) is 10.5 Å². The molecule has 1 aromatic rings. The first kappa shape index (κ1) is 13.2. The Morgan fingerprint density at radius 3 is 2.65 bits per heavy atom.